The van der Waals surface area contributed by atoms with Gasteiger partial charge >= 0.3 is 0 Å². The SMILES string of the molecule is CCc1cccc(CC)c1S(=O)(=O)NCCCNC(C)=O. The molecule has 0 saturated carbocycles. The van der Waals surface area contributed by atoms with Crippen LogP contribution in [-0.2, 0) is 27.7 Å². The van der Waals surface area contributed by atoms with Crippen LogP contribution in [0.5, 0.6) is 0 Å². The maximum atomic E-state index is 12.5. The topological polar surface area (TPSA) is 75.3 Å². The lowest BCUT2D eigenvalue weighted by Crippen LogP contribution is -2.30. The van der Waals surface area contributed by atoms with Crippen molar-refractivity contribution >= 4 is 15.9 Å². The summed E-state index contributed by atoms with van der Waals surface area (Å²) in [5.41, 5.74) is 1.67. The van der Waals surface area contributed by atoms with Crippen LogP contribution in [0.15, 0.2) is 23.1 Å². The zero-order chi connectivity index (χ0) is 15.9. The molecule has 1 amide bonds. The zero-order valence-corrected chi connectivity index (χ0v) is 13.7. The Balaban J connectivity index is 2.81. The molecule has 0 atom stereocenters. The predicted molar refractivity (Wildman–Crippen MR) is 83.7 cm³/mol. The highest BCUT2D eigenvalue weighted by atomic mass is 32.2. The van der Waals surface area contributed by atoms with E-state index in [2.05, 4.69) is 10.0 Å². The molecule has 0 bridgehead atoms. The number of carbonyl (C=O) groups is 1. The van der Waals surface area contributed by atoms with Crippen LogP contribution in [0.4, 0.5) is 0 Å². The van der Waals surface area contributed by atoms with Crippen LogP contribution >= 0.6 is 0 Å². The fraction of sp³-hybridized carbons (Fsp3) is 0.533. The second-order valence-corrected chi connectivity index (χ2v) is 6.55. The smallest absolute Gasteiger partial charge is 0.241 e. The second-order valence-electron chi connectivity index (χ2n) is 4.85. The van der Waals surface area contributed by atoms with Crippen LogP contribution in [0.1, 0.15) is 38.3 Å². The van der Waals surface area contributed by atoms with Gasteiger partial charge in [-0.3, -0.25) is 4.79 Å². The Morgan fingerprint density at radius 2 is 1.67 bits per heavy atom. The predicted octanol–water partition coefficient (Wildman–Crippen LogP) is 1.62. The van der Waals surface area contributed by atoms with E-state index in [4.69, 9.17) is 0 Å². The standard InChI is InChI=1S/C15H24N2O3S/c1-4-13-8-6-9-14(5-2)15(13)21(19,20)17-11-7-10-16-12(3)18/h6,8-9,17H,4-5,7,10-11H2,1-3H3,(H,16,18). The van der Waals surface area contributed by atoms with Gasteiger partial charge in [0.05, 0.1) is 4.90 Å². The summed E-state index contributed by atoms with van der Waals surface area (Å²) in [4.78, 5) is 11.2. The molecule has 0 spiro atoms. The van der Waals surface area contributed by atoms with Crippen LogP contribution < -0.4 is 10.0 Å². The second kappa shape index (κ2) is 8.14. The van der Waals surface area contributed by atoms with E-state index < -0.39 is 10.0 Å². The molecular formula is C15H24N2O3S. The van der Waals surface area contributed by atoms with Crippen molar-refractivity contribution in [1.29, 1.82) is 0 Å². The van der Waals surface area contributed by atoms with Gasteiger partial charge in [-0.25, -0.2) is 13.1 Å². The fourth-order valence-electron chi connectivity index (χ4n) is 2.17. The maximum absolute atomic E-state index is 12.5. The Bertz CT molecular complexity index is 560. The number of hydrogen-bond acceptors (Lipinski definition) is 3. The average Bonchev–Trinajstić information content (AvgIpc) is 2.45. The maximum Gasteiger partial charge on any atom is 0.241 e. The van der Waals surface area contributed by atoms with Gasteiger partial charge in [0, 0.05) is 20.0 Å². The summed E-state index contributed by atoms with van der Waals surface area (Å²) < 4.78 is 27.6. The molecule has 1 aromatic rings. The molecule has 1 rings (SSSR count). The number of rotatable bonds is 8. The van der Waals surface area contributed by atoms with Gasteiger partial charge in [-0.1, -0.05) is 32.0 Å². The first-order valence-corrected chi connectivity index (χ1v) is 8.75. The third-order valence-electron chi connectivity index (χ3n) is 3.23. The minimum atomic E-state index is -3.51. The fourth-order valence-corrected chi connectivity index (χ4v) is 3.84. The van der Waals surface area contributed by atoms with Crippen LogP contribution in [-0.4, -0.2) is 27.4 Å². The minimum absolute atomic E-state index is 0.109. The summed E-state index contributed by atoms with van der Waals surface area (Å²) in [6.45, 7) is 6.11. The highest BCUT2D eigenvalue weighted by Crippen LogP contribution is 2.21. The molecule has 1 aromatic carbocycles. The van der Waals surface area contributed by atoms with E-state index >= 15 is 0 Å². The van der Waals surface area contributed by atoms with Gasteiger partial charge in [0.1, 0.15) is 0 Å². The van der Waals surface area contributed by atoms with Crippen LogP contribution in [0.25, 0.3) is 0 Å². The van der Waals surface area contributed by atoms with Crippen molar-refractivity contribution in [3.8, 4) is 0 Å². The number of aryl methyl sites for hydroxylation is 2. The van der Waals surface area contributed by atoms with Gasteiger partial charge in [-0.05, 0) is 30.4 Å². The first kappa shape index (κ1) is 17.7. The Kier molecular flexibility index (Phi) is 6.84. The van der Waals surface area contributed by atoms with Crippen molar-refractivity contribution in [2.45, 2.75) is 44.9 Å². The van der Waals surface area contributed by atoms with Crippen molar-refractivity contribution in [1.82, 2.24) is 10.0 Å². The van der Waals surface area contributed by atoms with E-state index in [1.54, 1.807) is 0 Å². The molecule has 118 valence electrons. The Morgan fingerprint density at radius 3 is 2.14 bits per heavy atom. The van der Waals surface area contributed by atoms with E-state index in [1.807, 2.05) is 32.0 Å². The van der Waals surface area contributed by atoms with Gasteiger partial charge in [-0.15, -0.1) is 0 Å². The first-order valence-electron chi connectivity index (χ1n) is 7.27. The van der Waals surface area contributed by atoms with Crippen molar-refractivity contribution < 1.29 is 13.2 Å². The molecule has 0 aliphatic carbocycles. The summed E-state index contributed by atoms with van der Waals surface area (Å²) in [5.74, 6) is -0.109. The van der Waals surface area contributed by atoms with Gasteiger partial charge in [0.2, 0.25) is 15.9 Å². The summed E-state index contributed by atoms with van der Waals surface area (Å²) in [6.07, 6.45) is 1.92. The number of benzene rings is 1. The summed E-state index contributed by atoms with van der Waals surface area (Å²) in [5, 5.41) is 2.64. The van der Waals surface area contributed by atoms with Crippen LogP contribution in [0.2, 0.25) is 0 Å². The molecule has 6 heteroatoms. The number of carbonyl (C=O) groups excluding carboxylic acids is 1. The molecular weight excluding hydrogens is 288 g/mol. The molecule has 0 heterocycles. The third-order valence-corrected chi connectivity index (χ3v) is 4.87. The monoisotopic (exact) mass is 312 g/mol. The molecule has 0 aliphatic heterocycles. The molecule has 21 heavy (non-hydrogen) atoms. The molecule has 0 saturated heterocycles. The normalized spacial score (nSPS) is 11.4. The molecule has 0 aliphatic rings. The Hall–Kier alpha value is -1.40. The number of hydrogen-bond donors (Lipinski definition) is 2. The highest BCUT2D eigenvalue weighted by molar-refractivity contribution is 7.89. The van der Waals surface area contributed by atoms with Crippen molar-refractivity contribution in [3.63, 3.8) is 0 Å². The highest BCUT2D eigenvalue weighted by Gasteiger charge is 2.20. The van der Waals surface area contributed by atoms with Gasteiger partial charge in [0.25, 0.3) is 0 Å². The molecule has 0 radical (unpaired) electrons. The summed E-state index contributed by atoms with van der Waals surface area (Å²) in [6, 6.07) is 5.60. The van der Waals surface area contributed by atoms with Gasteiger partial charge in [-0.2, -0.15) is 0 Å². The van der Waals surface area contributed by atoms with E-state index in [1.165, 1.54) is 6.92 Å². The lowest BCUT2D eigenvalue weighted by atomic mass is 10.1. The van der Waals surface area contributed by atoms with E-state index in [9.17, 15) is 13.2 Å². The Labute approximate surface area is 127 Å². The van der Waals surface area contributed by atoms with Gasteiger partial charge in [0.15, 0.2) is 0 Å². The van der Waals surface area contributed by atoms with E-state index in [0.29, 0.717) is 37.2 Å². The number of sulfonamides is 1. The lowest BCUT2D eigenvalue weighted by Gasteiger charge is -2.14. The van der Waals surface area contributed by atoms with Crippen molar-refractivity contribution in [3.05, 3.63) is 29.3 Å². The molecule has 0 unspecified atom stereocenters. The zero-order valence-electron chi connectivity index (χ0n) is 12.9. The number of nitrogens with one attached hydrogen (secondary N) is 2. The number of amides is 1. The molecule has 2 N–H and O–H groups in total. The van der Waals surface area contributed by atoms with Gasteiger partial charge < -0.3 is 5.32 Å². The minimum Gasteiger partial charge on any atom is -0.356 e. The average molecular weight is 312 g/mol. The van der Waals surface area contributed by atoms with E-state index in [-0.39, 0.29) is 5.91 Å². The molecule has 5 nitrogen and oxygen atoms in total. The van der Waals surface area contributed by atoms with Crippen molar-refractivity contribution in [2.24, 2.45) is 0 Å². The van der Waals surface area contributed by atoms with Crippen molar-refractivity contribution in [2.75, 3.05) is 13.1 Å². The largest absolute Gasteiger partial charge is 0.356 e. The third kappa shape index (κ3) is 5.13. The molecule has 0 aromatic heterocycles. The van der Waals surface area contributed by atoms with E-state index in [0.717, 1.165) is 11.1 Å². The molecule has 0 fully saturated rings. The quantitative estimate of drug-likeness (QED) is 0.716. The Morgan fingerprint density at radius 1 is 1.10 bits per heavy atom. The summed E-state index contributed by atoms with van der Waals surface area (Å²) >= 11 is 0. The van der Waals surface area contributed by atoms with Crippen LogP contribution in [0, 0.1) is 0 Å². The first-order chi connectivity index (χ1) is 9.92. The lowest BCUT2D eigenvalue weighted by molar-refractivity contribution is -0.118. The van der Waals surface area contributed by atoms with Crippen LogP contribution in [0.3, 0.4) is 0 Å². The summed E-state index contributed by atoms with van der Waals surface area (Å²) in [7, 11) is -3.51.